The van der Waals surface area contributed by atoms with Crippen molar-refractivity contribution >= 4 is 55.0 Å². The van der Waals surface area contributed by atoms with Gasteiger partial charge in [-0.15, -0.1) is 0 Å². The minimum absolute atomic E-state index is 0.467. The van der Waals surface area contributed by atoms with E-state index < -0.39 is 5.41 Å². The molecular formula is C44H26O2. The van der Waals surface area contributed by atoms with Crippen LogP contribution < -0.4 is 0 Å². The predicted octanol–water partition coefficient (Wildman–Crippen LogP) is 11.6. The van der Waals surface area contributed by atoms with E-state index in [1.54, 1.807) is 0 Å². The van der Waals surface area contributed by atoms with Crippen LogP contribution in [0.4, 0.5) is 0 Å². The van der Waals surface area contributed by atoms with E-state index in [-0.39, 0.29) is 0 Å². The van der Waals surface area contributed by atoms with Crippen LogP contribution in [0.2, 0.25) is 0 Å². The van der Waals surface area contributed by atoms with Gasteiger partial charge < -0.3 is 8.83 Å². The zero-order valence-corrected chi connectivity index (χ0v) is 24.9. The van der Waals surface area contributed by atoms with Crippen LogP contribution in [0.3, 0.4) is 0 Å². The summed E-state index contributed by atoms with van der Waals surface area (Å²) >= 11 is 0. The maximum atomic E-state index is 6.43. The molecule has 2 aromatic heterocycles. The molecule has 6 aromatic carbocycles. The molecule has 0 fully saturated rings. The van der Waals surface area contributed by atoms with E-state index in [2.05, 4.69) is 115 Å². The normalized spacial score (nSPS) is 18.1. The molecule has 46 heavy (non-hydrogen) atoms. The number of allylic oxidation sites excluding steroid dienone is 5. The van der Waals surface area contributed by atoms with E-state index in [1.165, 1.54) is 61.0 Å². The van der Waals surface area contributed by atoms with Gasteiger partial charge >= 0.3 is 0 Å². The van der Waals surface area contributed by atoms with Crippen LogP contribution in [0, 0.1) is 0 Å². The van der Waals surface area contributed by atoms with E-state index >= 15 is 0 Å². The molecule has 0 radical (unpaired) electrons. The summed E-state index contributed by atoms with van der Waals surface area (Å²) in [4.78, 5) is 0. The van der Waals surface area contributed by atoms with Gasteiger partial charge in [-0.25, -0.2) is 0 Å². The molecule has 2 heteroatoms. The molecule has 214 valence electrons. The summed E-state index contributed by atoms with van der Waals surface area (Å²) in [5.74, 6) is 0. The second-order valence-corrected chi connectivity index (χ2v) is 12.8. The zero-order valence-electron chi connectivity index (χ0n) is 24.9. The molecule has 11 rings (SSSR count). The van der Waals surface area contributed by atoms with Gasteiger partial charge in [-0.1, -0.05) is 110 Å². The van der Waals surface area contributed by atoms with Crippen molar-refractivity contribution in [2.75, 3.05) is 0 Å². The van der Waals surface area contributed by atoms with Crippen molar-refractivity contribution in [1.82, 2.24) is 0 Å². The lowest BCUT2D eigenvalue weighted by Crippen LogP contribution is -2.27. The summed E-state index contributed by atoms with van der Waals surface area (Å²) in [6.45, 7) is 4.75. The van der Waals surface area contributed by atoms with E-state index in [0.29, 0.717) is 0 Å². The van der Waals surface area contributed by atoms with Gasteiger partial charge in [0.25, 0.3) is 0 Å². The molecule has 0 saturated heterocycles. The second kappa shape index (κ2) is 8.44. The van der Waals surface area contributed by atoms with Crippen molar-refractivity contribution in [3.63, 3.8) is 0 Å². The smallest absolute Gasteiger partial charge is 0.136 e. The first-order valence-corrected chi connectivity index (χ1v) is 15.9. The summed E-state index contributed by atoms with van der Waals surface area (Å²) < 4.78 is 12.6. The Balaban J connectivity index is 1.24. The second-order valence-electron chi connectivity index (χ2n) is 12.8. The standard InChI is InChI=1S/C44H26O2/c1-25-22-27(26-18-20-39-32(23-26)28-10-4-8-16-37(28)45-39)24-36-41(25)29-11-2-6-14-33(29)44(36)34-15-7-3-12-30(34)42-35(44)19-21-40-43(42)31-13-5-9-17-38(31)46-40/h2-21,23-24H,1,22H2. The third-order valence-electron chi connectivity index (χ3n) is 10.6. The Hall–Kier alpha value is -5.86. The topological polar surface area (TPSA) is 26.3 Å². The first kappa shape index (κ1) is 24.5. The molecule has 2 nitrogen and oxygen atoms in total. The quantitative estimate of drug-likeness (QED) is 0.191. The Bertz CT molecular complexity index is 2740. The number of furan rings is 2. The molecule has 0 aliphatic heterocycles. The highest BCUT2D eigenvalue weighted by Gasteiger charge is 2.53. The van der Waals surface area contributed by atoms with Crippen molar-refractivity contribution in [3.8, 4) is 11.1 Å². The van der Waals surface area contributed by atoms with Crippen LogP contribution in [0.25, 0.3) is 66.2 Å². The van der Waals surface area contributed by atoms with Crippen LogP contribution in [-0.2, 0) is 5.41 Å². The number of hydrogen-bond donors (Lipinski definition) is 0. The maximum absolute atomic E-state index is 6.43. The molecule has 2 heterocycles. The number of para-hydroxylation sites is 2. The van der Waals surface area contributed by atoms with Crippen molar-refractivity contribution < 1.29 is 8.83 Å². The Morgan fingerprint density at radius 3 is 2.02 bits per heavy atom. The van der Waals surface area contributed by atoms with E-state index in [9.17, 15) is 0 Å². The monoisotopic (exact) mass is 586 g/mol. The van der Waals surface area contributed by atoms with Gasteiger partial charge in [0.1, 0.15) is 22.3 Å². The molecule has 0 amide bonds. The van der Waals surface area contributed by atoms with Crippen LogP contribution in [-0.4, -0.2) is 0 Å². The van der Waals surface area contributed by atoms with Gasteiger partial charge in [-0.3, -0.25) is 0 Å². The Morgan fingerprint density at radius 1 is 0.543 bits per heavy atom. The fraction of sp³-hybridized carbons (Fsp3) is 0.0455. The summed E-state index contributed by atoms with van der Waals surface area (Å²) in [6, 6.07) is 45.9. The van der Waals surface area contributed by atoms with Crippen LogP contribution >= 0.6 is 0 Å². The number of benzene rings is 6. The van der Waals surface area contributed by atoms with E-state index in [1.807, 2.05) is 18.2 Å². The highest BCUT2D eigenvalue weighted by molar-refractivity contribution is 6.17. The van der Waals surface area contributed by atoms with Gasteiger partial charge in [0.2, 0.25) is 0 Å². The predicted molar refractivity (Wildman–Crippen MR) is 188 cm³/mol. The lowest BCUT2D eigenvalue weighted by molar-refractivity contribution is 0.668. The lowest BCUT2D eigenvalue weighted by Gasteiger charge is -2.33. The van der Waals surface area contributed by atoms with Crippen LogP contribution in [0.15, 0.2) is 160 Å². The molecule has 8 aromatic rings. The Kier molecular flexibility index (Phi) is 4.49. The van der Waals surface area contributed by atoms with Crippen molar-refractivity contribution in [3.05, 3.63) is 179 Å². The third kappa shape index (κ3) is 2.84. The highest BCUT2D eigenvalue weighted by atomic mass is 16.3. The number of rotatable bonds is 1. The molecular weight excluding hydrogens is 560 g/mol. The molecule has 1 spiro atoms. The number of hydrogen-bond acceptors (Lipinski definition) is 2. The minimum atomic E-state index is -0.467. The Morgan fingerprint density at radius 2 is 1.17 bits per heavy atom. The number of fused-ring (bicyclic) bond motifs is 16. The summed E-state index contributed by atoms with van der Waals surface area (Å²) in [7, 11) is 0. The van der Waals surface area contributed by atoms with Gasteiger partial charge in [-0.2, -0.15) is 0 Å². The van der Waals surface area contributed by atoms with Gasteiger partial charge in [0, 0.05) is 21.5 Å². The minimum Gasteiger partial charge on any atom is -0.456 e. The summed E-state index contributed by atoms with van der Waals surface area (Å²) in [6.07, 6.45) is 3.28. The highest BCUT2D eigenvalue weighted by Crippen LogP contribution is 2.65. The van der Waals surface area contributed by atoms with Gasteiger partial charge in [-0.05, 0) is 98.0 Å². The summed E-state index contributed by atoms with van der Waals surface area (Å²) in [5.41, 5.74) is 17.3. The van der Waals surface area contributed by atoms with Crippen LogP contribution in [0.1, 0.15) is 34.2 Å². The lowest BCUT2D eigenvalue weighted by atomic mass is 9.68. The first-order valence-electron chi connectivity index (χ1n) is 15.9. The first-order chi connectivity index (χ1) is 22.7. The zero-order chi connectivity index (χ0) is 30.1. The largest absolute Gasteiger partial charge is 0.456 e. The fourth-order valence-corrected chi connectivity index (χ4v) is 8.88. The van der Waals surface area contributed by atoms with Gasteiger partial charge in [0.15, 0.2) is 0 Å². The van der Waals surface area contributed by atoms with Gasteiger partial charge in [0.05, 0.1) is 5.41 Å². The molecule has 0 saturated carbocycles. The average Bonchev–Trinajstić information content (AvgIpc) is 3.82. The maximum Gasteiger partial charge on any atom is 0.136 e. The van der Waals surface area contributed by atoms with Crippen molar-refractivity contribution in [1.29, 1.82) is 0 Å². The Labute approximate surface area is 265 Å². The van der Waals surface area contributed by atoms with Crippen molar-refractivity contribution in [2.45, 2.75) is 11.8 Å². The fourth-order valence-electron chi connectivity index (χ4n) is 8.88. The van der Waals surface area contributed by atoms with Crippen molar-refractivity contribution in [2.24, 2.45) is 0 Å². The molecule has 3 aliphatic rings. The molecule has 0 bridgehead atoms. The molecule has 0 N–H and O–H groups in total. The third-order valence-corrected chi connectivity index (χ3v) is 10.6. The average molecular weight is 587 g/mol. The SMILES string of the molecule is C=C1CC(c2ccc3oc4ccccc4c3c2)=CC2=C1c1ccccc1C21c2ccccc2-c2c1ccc1oc3ccccc3c21. The molecule has 1 atom stereocenters. The summed E-state index contributed by atoms with van der Waals surface area (Å²) in [5, 5.41) is 4.65. The molecule has 3 aliphatic carbocycles. The van der Waals surface area contributed by atoms with E-state index in [4.69, 9.17) is 15.4 Å². The van der Waals surface area contributed by atoms with E-state index in [0.717, 1.165) is 50.5 Å². The molecule has 1 unspecified atom stereocenters. The van der Waals surface area contributed by atoms with Crippen LogP contribution in [0.5, 0.6) is 0 Å².